The Morgan fingerprint density at radius 3 is 2.79 bits per heavy atom. The van der Waals surface area contributed by atoms with E-state index in [2.05, 4.69) is 25.8 Å². The lowest BCUT2D eigenvalue weighted by Crippen LogP contribution is -2.13. The fraction of sp³-hybridized carbons (Fsp3) is 0.667. The molecule has 3 nitrogen and oxygen atoms in total. The monoisotopic (exact) mass is 283 g/mol. The van der Waals surface area contributed by atoms with Crippen molar-refractivity contribution in [3.8, 4) is 5.75 Å². The zero-order valence-corrected chi connectivity index (χ0v) is 13.1. The summed E-state index contributed by atoms with van der Waals surface area (Å²) in [5, 5.41) is 10.2. The van der Waals surface area contributed by atoms with Crippen LogP contribution in [0.15, 0.2) is 12.1 Å². The van der Waals surface area contributed by atoms with Gasteiger partial charge in [-0.2, -0.15) is 13.5 Å². The van der Waals surface area contributed by atoms with Crippen LogP contribution in [0, 0.1) is 5.41 Å². The van der Waals surface area contributed by atoms with Gasteiger partial charge < -0.3 is 9.84 Å². The molecule has 1 N–H and O–H groups in total. The van der Waals surface area contributed by atoms with Crippen LogP contribution in [-0.2, 0) is 6.42 Å². The van der Waals surface area contributed by atoms with Gasteiger partial charge in [0.25, 0.3) is 0 Å². The number of rotatable bonds is 3. The van der Waals surface area contributed by atoms with Crippen LogP contribution in [0.25, 0.3) is 0 Å². The van der Waals surface area contributed by atoms with Crippen molar-refractivity contribution in [3.63, 3.8) is 0 Å². The first kappa shape index (κ1) is 16.3. The molecule has 108 valence electrons. The van der Waals surface area contributed by atoms with Gasteiger partial charge in [0.2, 0.25) is 0 Å². The number of ether oxygens (including phenoxy) is 1. The highest BCUT2D eigenvalue weighted by molar-refractivity contribution is 7.59. The van der Waals surface area contributed by atoms with Crippen molar-refractivity contribution in [2.45, 2.75) is 52.6 Å². The van der Waals surface area contributed by atoms with Crippen molar-refractivity contribution < 1.29 is 9.84 Å². The lowest BCUT2D eigenvalue weighted by atomic mass is 9.88. The Bertz CT molecular complexity index is 415. The predicted molar refractivity (Wildman–Crippen MR) is 82.1 cm³/mol. The molecule has 0 unspecified atom stereocenters. The van der Waals surface area contributed by atoms with E-state index < -0.39 is 6.10 Å². The van der Waals surface area contributed by atoms with Crippen LogP contribution in [0.3, 0.4) is 0 Å². The van der Waals surface area contributed by atoms with Gasteiger partial charge in [-0.05, 0) is 43.2 Å². The van der Waals surface area contributed by atoms with Crippen LogP contribution in [0.5, 0.6) is 5.75 Å². The van der Waals surface area contributed by atoms with Gasteiger partial charge in [-0.15, -0.1) is 0 Å². The minimum Gasteiger partial charge on any atom is -0.492 e. The summed E-state index contributed by atoms with van der Waals surface area (Å²) in [5.74, 6) is 0.882. The third kappa shape index (κ3) is 4.69. The number of aliphatic hydroxyl groups is 1. The van der Waals surface area contributed by atoms with Gasteiger partial charge in [-0.25, -0.2) is 0 Å². The van der Waals surface area contributed by atoms with E-state index in [1.807, 2.05) is 12.1 Å². The number of hydrogen-bond donors (Lipinski definition) is 1. The van der Waals surface area contributed by atoms with E-state index in [9.17, 15) is 5.11 Å². The zero-order chi connectivity index (χ0) is 13.2. The molecule has 0 fully saturated rings. The minimum atomic E-state index is -0.462. The topological polar surface area (TPSA) is 42.4 Å². The number of aliphatic hydroxyl groups excluding tert-OH is 1. The van der Waals surface area contributed by atoms with E-state index in [1.54, 1.807) is 0 Å². The van der Waals surface area contributed by atoms with Crippen LogP contribution in [0.1, 0.15) is 57.5 Å². The number of aromatic nitrogens is 1. The van der Waals surface area contributed by atoms with Crippen LogP contribution < -0.4 is 4.74 Å². The van der Waals surface area contributed by atoms with E-state index in [1.165, 1.54) is 0 Å². The standard InChI is InChI=1S/C15H23NO2.H2S/c1-15(2,3)9-8-13(17)11-6-7-14-12(16-11)5-4-10-18-14;/h6-7,13,17H,4-5,8-10H2,1-3H3;1H2/t13-;/m0./s1. The second-order valence-corrected chi connectivity index (χ2v) is 6.25. The van der Waals surface area contributed by atoms with E-state index in [0.717, 1.165) is 49.4 Å². The number of fused-ring (bicyclic) bond motifs is 1. The third-order valence-corrected chi connectivity index (χ3v) is 3.28. The van der Waals surface area contributed by atoms with Crippen LogP contribution in [0.4, 0.5) is 0 Å². The first-order chi connectivity index (χ1) is 8.46. The molecule has 0 spiro atoms. The molecule has 4 heteroatoms. The molecular weight excluding hydrogens is 258 g/mol. The van der Waals surface area contributed by atoms with Crippen LogP contribution in [-0.4, -0.2) is 16.7 Å². The molecular formula is C15H25NO2S. The van der Waals surface area contributed by atoms with Crippen molar-refractivity contribution in [2.24, 2.45) is 5.41 Å². The Morgan fingerprint density at radius 2 is 2.11 bits per heavy atom. The number of nitrogens with zero attached hydrogens (tertiary/aromatic N) is 1. The van der Waals surface area contributed by atoms with Crippen molar-refractivity contribution >= 4 is 13.5 Å². The fourth-order valence-electron chi connectivity index (χ4n) is 2.14. The van der Waals surface area contributed by atoms with E-state index >= 15 is 0 Å². The molecule has 0 aliphatic carbocycles. The first-order valence-corrected chi connectivity index (χ1v) is 6.76. The van der Waals surface area contributed by atoms with Crippen LogP contribution >= 0.6 is 13.5 Å². The second kappa shape index (κ2) is 6.62. The molecule has 19 heavy (non-hydrogen) atoms. The first-order valence-electron chi connectivity index (χ1n) is 6.76. The van der Waals surface area contributed by atoms with Gasteiger partial charge >= 0.3 is 0 Å². The average Bonchev–Trinajstić information content (AvgIpc) is 2.34. The largest absolute Gasteiger partial charge is 0.492 e. The molecule has 0 saturated heterocycles. The Hall–Kier alpha value is -0.740. The average molecular weight is 283 g/mol. The molecule has 0 saturated carbocycles. The summed E-state index contributed by atoms with van der Waals surface area (Å²) < 4.78 is 5.53. The minimum absolute atomic E-state index is 0. The third-order valence-electron chi connectivity index (χ3n) is 3.28. The van der Waals surface area contributed by atoms with Gasteiger partial charge in [0.05, 0.1) is 24.1 Å². The van der Waals surface area contributed by atoms with Crippen LogP contribution in [0.2, 0.25) is 0 Å². The summed E-state index contributed by atoms with van der Waals surface area (Å²) in [6, 6.07) is 3.83. The summed E-state index contributed by atoms with van der Waals surface area (Å²) in [6.07, 6.45) is 3.26. The maximum atomic E-state index is 10.2. The van der Waals surface area contributed by atoms with Crippen molar-refractivity contribution in [3.05, 3.63) is 23.5 Å². The van der Waals surface area contributed by atoms with Gasteiger partial charge in [0.1, 0.15) is 5.75 Å². The smallest absolute Gasteiger partial charge is 0.140 e. The van der Waals surface area contributed by atoms with Gasteiger partial charge in [-0.3, -0.25) is 4.98 Å². The van der Waals surface area contributed by atoms with E-state index in [-0.39, 0.29) is 18.9 Å². The highest BCUT2D eigenvalue weighted by atomic mass is 32.1. The highest BCUT2D eigenvalue weighted by Crippen LogP contribution is 2.29. The van der Waals surface area contributed by atoms with Gasteiger partial charge in [-0.1, -0.05) is 20.8 Å². The molecule has 1 aromatic heterocycles. The second-order valence-electron chi connectivity index (χ2n) is 6.25. The molecule has 0 bridgehead atoms. The van der Waals surface area contributed by atoms with E-state index in [4.69, 9.17) is 4.74 Å². The fourth-order valence-corrected chi connectivity index (χ4v) is 2.14. The Labute approximate surface area is 122 Å². The quantitative estimate of drug-likeness (QED) is 0.924. The summed E-state index contributed by atoms with van der Waals surface area (Å²) >= 11 is 0. The molecule has 2 rings (SSSR count). The van der Waals surface area contributed by atoms with E-state index in [0.29, 0.717) is 0 Å². The molecule has 1 aromatic rings. The lowest BCUT2D eigenvalue weighted by molar-refractivity contribution is 0.142. The molecule has 0 radical (unpaired) electrons. The lowest BCUT2D eigenvalue weighted by Gasteiger charge is -2.21. The normalized spacial score (nSPS) is 16.0. The Kier molecular flexibility index (Phi) is 5.68. The molecule has 1 atom stereocenters. The molecule has 0 aromatic carbocycles. The highest BCUT2D eigenvalue weighted by Gasteiger charge is 2.18. The zero-order valence-electron chi connectivity index (χ0n) is 12.1. The molecule has 1 aliphatic heterocycles. The SMILES string of the molecule is CC(C)(C)CC[C@H](O)c1ccc2c(n1)CCCO2.S. The summed E-state index contributed by atoms with van der Waals surface area (Å²) in [4.78, 5) is 4.54. The van der Waals surface area contributed by atoms with Gasteiger partial charge in [0.15, 0.2) is 0 Å². The summed E-state index contributed by atoms with van der Waals surface area (Å²) in [6.45, 7) is 7.34. The molecule has 2 heterocycles. The summed E-state index contributed by atoms with van der Waals surface area (Å²) in [5.41, 5.74) is 2.02. The van der Waals surface area contributed by atoms with Crippen molar-refractivity contribution in [2.75, 3.05) is 6.61 Å². The number of aryl methyl sites for hydroxylation is 1. The molecule has 0 amide bonds. The maximum Gasteiger partial charge on any atom is 0.140 e. The summed E-state index contributed by atoms with van der Waals surface area (Å²) in [7, 11) is 0. The Balaban J connectivity index is 0.00000180. The maximum absolute atomic E-state index is 10.2. The van der Waals surface area contributed by atoms with Crippen molar-refractivity contribution in [1.29, 1.82) is 0 Å². The Morgan fingerprint density at radius 1 is 1.37 bits per heavy atom. The number of hydrogen-bond acceptors (Lipinski definition) is 3. The number of pyridine rings is 1. The predicted octanol–water partition coefficient (Wildman–Crippen LogP) is 3.38. The molecule has 1 aliphatic rings. The van der Waals surface area contributed by atoms with Crippen molar-refractivity contribution in [1.82, 2.24) is 4.98 Å². The van der Waals surface area contributed by atoms with Gasteiger partial charge in [0, 0.05) is 0 Å².